The normalized spacial score (nSPS) is 10.9. The quantitative estimate of drug-likeness (QED) is 0.361. The molecule has 0 saturated carbocycles. The molecule has 0 bridgehead atoms. The van der Waals surface area contributed by atoms with Crippen molar-refractivity contribution in [2.45, 2.75) is 6.92 Å². The standard InChI is InChI=1S/C26H20N4O2/c1-2-32-26(31)21-10-6-9-19(13-21)22-15-25-28-17-24(30(25)29-16-22)20-11-12-27-23(14-20)18-7-4-3-5-8-18/h3-17H,2H2,1H3. The molecule has 6 nitrogen and oxygen atoms in total. The highest BCUT2D eigenvalue weighted by atomic mass is 16.5. The van der Waals surface area contributed by atoms with Crippen LogP contribution in [-0.2, 0) is 4.74 Å². The number of ether oxygens (including phenoxy) is 1. The van der Waals surface area contributed by atoms with Crippen LogP contribution in [-0.4, -0.2) is 32.2 Å². The second kappa shape index (κ2) is 8.43. The van der Waals surface area contributed by atoms with E-state index in [1.54, 1.807) is 25.4 Å². The van der Waals surface area contributed by atoms with Crippen molar-refractivity contribution < 1.29 is 9.53 Å². The average Bonchev–Trinajstić information content (AvgIpc) is 3.28. The number of pyridine rings is 1. The fourth-order valence-corrected chi connectivity index (χ4v) is 3.63. The summed E-state index contributed by atoms with van der Waals surface area (Å²) in [4.78, 5) is 21.1. The number of carbonyl (C=O) groups is 1. The van der Waals surface area contributed by atoms with Gasteiger partial charge in [0.05, 0.1) is 36.0 Å². The van der Waals surface area contributed by atoms with Crippen molar-refractivity contribution >= 4 is 11.6 Å². The Bertz CT molecular complexity index is 1410. The van der Waals surface area contributed by atoms with Crippen LogP contribution in [0.5, 0.6) is 0 Å². The van der Waals surface area contributed by atoms with E-state index in [1.165, 1.54) is 0 Å². The van der Waals surface area contributed by atoms with Crippen molar-refractivity contribution in [3.05, 3.63) is 97.0 Å². The van der Waals surface area contributed by atoms with E-state index in [9.17, 15) is 4.79 Å². The number of hydrogen-bond donors (Lipinski definition) is 0. The highest BCUT2D eigenvalue weighted by molar-refractivity contribution is 5.91. The summed E-state index contributed by atoms with van der Waals surface area (Å²) in [6.45, 7) is 2.13. The minimum Gasteiger partial charge on any atom is -0.462 e. The molecule has 0 unspecified atom stereocenters. The zero-order valence-corrected chi connectivity index (χ0v) is 17.5. The maximum absolute atomic E-state index is 12.1. The van der Waals surface area contributed by atoms with Crippen LogP contribution >= 0.6 is 0 Å². The molecule has 5 rings (SSSR count). The lowest BCUT2D eigenvalue weighted by Crippen LogP contribution is -2.04. The molecule has 0 aliphatic carbocycles. The van der Waals surface area contributed by atoms with Gasteiger partial charge in [-0.05, 0) is 42.8 Å². The summed E-state index contributed by atoms with van der Waals surface area (Å²) in [5.74, 6) is -0.335. The average molecular weight is 420 g/mol. The number of imidazole rings is 1. The first-order valence-electron chi connectivity index (χ1n) is 10.4. The van der Waals surface area contributed by atoms with E-state index in [4.69, 9.17) is 4.74 Å². The molecule has 32 heavy (non-hydrogen) atoms. The summed E-state index contributed by atoms with van der Waals surface area (Å²) >= 11 is 0. The fraction of sp³-hybridized carbons (Fsp3) is 0.0769. The minimum atomic E-state index is -0.335. The van der Waals surface area contributed by atoms with Crippen molar-refractivity contribution in [2.24, 2.45) is 0 Å². The Morgan fingerprint density at radius 1 is 0.844 bits per heavy atom. The molecular formula is C26H20N4O2. The van der Waals surface area contributed by atoms with Crippen molar-refractivity contribution in [3.8, 4) is 33.6 Å². The fourth-order valence-electron chi connectivity index (χ4n) is 3.63. The lowest BCUT2D eigenvalue weighted by atomic mass is 10.1. The van der Waals surface area contributed by atoms with Gasteiger partial charge in [0.15, 0.2) is 5.65 Å². The highest BCUT2D eigenvalue weighted by Gasteiger charge is 2.12. The monoisotopic (exact) mass is 420 g/mol. The van der Waals surface area contributed by atoms with Crippen molar-refractivity contribution in [2.75, 3.05) is 6.61 Å². The van der Waals surface area contributed by atoms with Gasteiger partial charge in [0.1, 0.15) is 0 Å². The topological polar surface area (TPSA) is 69.4 Å². The second-order valence-electron chi connectivity index (χ2n) is 7.25. The van der Waals surface area contributed by atoms with Crippen LogP contribution in [0.2, 0.25) is 0 Å². The number of fused-ring (bicyclic) bond motifs is 1. The first-order valence-corrected chi connectivity index (χ1v) is 10.4. The number of nitrogens with zero attached hydrogens (tertiary/aromatic N) is 4. The predicted molar refractivity (Wildman–Crippen MR) is 123 cm³/mol. The van der Waals surface area contributed by atoms with Gasteiger partial charge in [-0.2, -0.15) is 5.10 Å². The summed E-state index contributed by atoms with van der Waals surface area (Å²) in [5, 5.41) is 4.62. The molecule has 3 aromatic heterocycles. The smallest absolute Gasteiger partial charge is 0.338 e. The molecule has 0 saturated heterocycles. The summed E-state index contributed by atoms with van der Waals surface area (Å²) in [7, 11) is 0. The molecule has 0 amide bonds. The number of rotatable bonds is 5. The van der Waals surface area contributed by atoms with Crippen LogP contribution in [0.4, 0.5) is 0 Å². The van der Waals surface area contributed by atoms with Crippen molar-refractivity contribution in [1.82, 2.24) is 19.6 Å². The van der Waals surface area contributed by atoms with Gasteiger partial charge < -0.3 is 4.74 Å². The Morgan fingerprint density at radius 2 is 1.69 bits per heavy atom. The molecule has 0 N–H and O–H groups in total. The summed E-state index contributed by atoms with van der Waals surface area (Å²) < 4.78 is 6.92. The van der Waals surface area contributed by atoms with E-state index in [1.807, 2.05) is 77.4 Å². The molecule has 0 atom stereocenters. The van der Waals surface area contributed by atoms with Crippen LogP contribution in [0.25, 0.3) is 39.3 Å². The Balaban J connectivity index is 1.51. The van der Waals surface area contributed by atoms with Crippen LogP contribution < -0.4 is 0 Å². The zero-order valence-electron chi connectivity index (χ0n) is 17.5. The number of aromatic nitrogens is 4. The molecule has 0 aliphatic rings. The van der Waals surface area contributed by atoms with Gasteiger partial charge in [0.25, 0.3) is 0 Å². The number of esters is 1. The van der Waals surface area contributed by atoms with Gasteiger partial charge in [-0.3, -0.25) is 4.98 Å². The molecule has 0 spiro atoms. The SMILES string of the molecule is CCOC(=O)c1cccc(-c2cnn3c(-c4ccnc(-c5ccccc5)c4)cnc3c2)c1. The van der Waals surface area contributed by atoms with Gasteiger partial charge in [-0.25, -0.2) is 14.3 Å². The maximum atomic E-state index is 12.1. The number of hydrogen-bond acceptors (Lipinski definition) is 5. The van der Waals surface area contributed by atoms with Gasteiger partial charge in [0.2, 0.25) is 0 Å². The van der Waals surface area contributed by atoms with Crippen LogP contribution in [0.3, 0.4) is 0 Å². The molecule has 0 fully saturated rings. The highest BCUT2D eigenvalue weighted by Crippen LogP contribution is 2.27. The Labute approximate surface area is 185 Å². The lowest BCUT2D eigenvalue weighted by Gasteiger charge is -2.07. The second-order valence-corrected chi connectivity index (χ2v) is 7.25. The summed E-state index contributed by atoms with van der Waals surface area (Å²) in [6, 6.07) is 23.3. The molecule has 2 aromatic carbocycles. The molecule has 0 aliphatic heterocycles. The Morgan fingerprint density at radius 3 is 2.53 bits per heavy atom. The van der Waals surface area contributed by atoms with Crippen LogP contribution in [0.1, 0.15) is 17.3 Å². The third-order valence-corrected chi connectivity index (χ3v) is 5.19. The zero-order chi connectivity index (χ0) is 21.9. The van der Waals surface area contributed by atoms with E-state index in [2.05, 4.69) is 15.1 Å². The lowest BCUT2D eigenvalue weighted by molar-refractivity contribution is 0.0526. The molecule has 156 valence electrons. The van der Waals surface area contributed by atoms with E-state index >= 15 is 0 Å². The molecule has 5 aromatic rings. The van der Waals surface area contributed by atoms with Gasteiger partial charge in [-0.1, -0.05) is 42.5 Å². The molecule has 6 heteroatoms. The summed E-state index contributed by atoms with van der Waals surface area (Å²) in [6.07, 6.45) is 5.39. The maximum Gasteiger partial charge on any atom is 0.338 e. The number of benzene rings is 2. The molecule has 3 heterocycles. The Kier molecular flexibility index (Phi) is 5.17. The largest absolute Gasteiger partial charge is 0.462 e. The van der Waals surface area contributed by atoms with Crippen LogP contribution in [0, 0.1) is 0 Å². The van der Waals surface area contributed by atoms with Gasteiger partial charge in [0, 0.05) is 22.9 Å². The third-order valence-electron chi connectivity index (χ3n) is 5.19. The predicted octanol–water partition coefficient (Wildman–Crippen LogP) is 5.30. The molecular weight excluding hydrogens is 400 g/mol. The minimum absolute atomic E-state index is 0.335. The van der Waals surface area contributed by atoms with Crippen molar-refractivity contribution in [3.63, 3.8) is 0 Å². The van der Waals surface area contributed by atoms with E-state index in [0.717, 1.165) is 39.3 Å². The number of carbonyl (C=O) groups excluding carboxylic acids is 1. The van der Waals surface area contributed by atoms with E-state index < -0.39 is 0 Å². The van der Waals surface area contributed by atoms with E-state index in [-0.39, 0.29) is 5.97 Å². The van der Waals surface area contributed by atoms with Crippen LogP contribution in [0.15, 0.2) is 91.4 Å². The Hall–Kier alpha value is -4.32. The molecule has 0 radical (unpaired) electrons. The van der Waals surface area contributed by atoms with Gasteiger partial charge in [-0.15, -0.1) is 0 Å². The van der Waals surface area contributed by atoms with Gasteiger partial charge >= 0.3 is 5.97 Å². The summed E-state index contributed by atoms with van der Waals surface area (Å²) in [5.41, 5.74) is 6.80. The van der Waals surface area contributed by atoms with Crippen molar-refractivity contribution in [1.29, 1.82) is 0 Å². The first-order chi connectivity index (χ1) is 15.7. The third kappa shape index (κ3) is 3.74. The van der Waals surface area contributed by atoms with E-state index in [0.29, 0.717) is 12.2 Å². The first kappa shape index (κ1) is 19.6.